The molecular weight excluding hydrogens is 255 g/mol. The van der Waals surface area contributed by atoms with E-state index >= 15 is 0 Å². The minimum Gasteiger partial charge on any atom is -0.302 e. The maximum atomic E-state index is 12.4. The Bertz CT molecular complexity index is 290. The van der Waals surface area contributed by atoms with Crippen LogP contribution in [-0.2, 0) is 0 Å². The molecule has 0 aromatic carbocycles. The summed E-state index contributed by atoms with van der Waals surface area (Å²) < 4.78 is 37.3. The van der Waals surface area contributed by atoms with Crippen molar-refractivity contribution in [1.82, 2.24) is 10.2 Å². The lowest BCUT2D eigenvalue weighted by Gasteiger charge is -2.30. The fraction of sp³-hybridized carbons (Fsp3) is 0.923. The quantitative estimate of drug-likeness (QED) is 0.742. The van der Waals surface area contributed by atoms with Gasteiger partial charge < -0.3 is 5.32 Å². The smallest absolute Gasteiger partial charge is 0.302 e. The Morgan fingerprint density at radius 2 is 1.89 bits per heavy atom. The van der Waals surface area contributed by atoms with E-state index in [0.29, 0.717) is 25.8 Å². The van der Waals surface area contributed by atoms with E-state index in [-0.39, 0.29) is 6.04 Å². The summed E-state index contributed by atoms with van der Waals surface area (Å²) in [4.78, 5) is 1.40. The van der Waals surface area contributed by atoms with Crippen molar-refractivity contribution in [2.45, 2.75) is 57.8 Å². The molecule has 3 nitrogen and oxygen atoms in total. The largest absolute Gasteiger partial charge is 0.401 e. The summed E-state index contributed by atoms with van der Waals surface area (Å²) in [5, 5.41) is 12.1. The molecule has 0 radical (unpaired) electrons. The van der Waals surface area contributed by atoms with Crippen LogP contribution in [0.1, 0.15) is 40.0 Å². The Labute approximate surface area is 113 Å². The molecule has 1 N–H and O–H groups in total. The van der Waals surface area contributed by atoms with Crippen LogP contribution >= 0.6 is 0 Å². The van der Waals surface area contributed by atoms with E-state index in [1.807, 2.05) is 6.92 Å². The standard InChI is InChI=1S/C13H24F3N3/c1-5-12(9-17,18-4)7-6-8-19(11(2)3)10-13(14,15)16/h11,18H,5-8,10H2,1-4H3. The Kier molecular flexibility index (Phi) is 7.38. The van der Waals surface area contributed by atoms with Crippen LogP contribution in [0.4, 0.5) is 13.2 Å². The van der Waals surface area contributed by atoms with E-state index in [9.17, 15) is 13.2 Å². The summed E-state index contributed by atoms with van der Waals surface area (Å²) in [6.45, 7) is 4.86. The molecule has 0 aromatic heterocycles. The number of nitriles is 1. The molecule has 0 aliphatic heterocycles. The first-order valence-corrected chi connectivity index (χ1v) is 6.60. The Morgan fingerprint density at radius 3 is 2.21 bits per heavy atom. The van der Waals surface area contributed by atoms with Gasteiger partial charge in [-0.3, -0.25) is 4.90 Å². The minimum absolute atomic E-state index is 0.158. The molecule has 0 saturated heterocycles. The molecule has 0 fully saturated rings. The van der Waals surface area contributed by atoms with Crippen molar-refractivity contribution in [3.63, 3.8) is 0 Å². The fourth-order valence-electron chi connectivity index (χ4n) is 2.00. The van der Waals surface area contributed by atoms with Crippen molar-refractivity contribution >= 4 is 0 Å². The second kappa shape index (κ2) is 7.71. The van der Waals surface area contributed by atoms with Crippen LogP contribution in [0.5, 0.6) is 0 Å². The lowest BCUT2D eigenvalue weighted by Crippen LogP contribution is -2.43. The summed E-state index contributed by atoms with van der Waals surface area (Å²) in [5.74, 6) is 0. The van der Waals surface area contributed by atoms with E-state index in [1.165, 1.54) is 4.90 Å². The fourth-order valence-corrected chi connectivity index (χ4v) is 2.00. The molecule has 0 amide bonds. The number of nitrogens with one attached hydrogen (secondary N) is 1. The Morgan fingerprint density at radius 1 is 1.32 bits per heavy atom. The van der Waals surface area contributed by atoms with E-state index in [4.69, 9.17) is 5.26 Å². The van der Waals surface area contributed by atoms with E-state index in [0.717, 1.165) is 0 Å². The van der Waals surface area contributed by atoms with E-state index in [1.54, 1.807) is 20.9 Å². The van der Waals surface area contributed by atoms with Crippen LogP contribution < -0.4 is 5.32 Å². The molecule has 1 unspecified atom stereocenters. The summed E-state index contributed by atoms with van der Waals surface area (Å²) in [6, 6.07) is 2.06. The number of hydrogen-bond acceptors (Lipinski definition) is 3. The third-order valence-electron chi connectivity index (χ3n) is 3.46. The van der Waals surface area contributed by atoms with Gasteiger partial charge in [0.2, 0.25) is 0 Å². The van der Waals surface area contributed by atoms with Gasteiger partial charge in [0.05, 0.1) is 12.6 Å². The molecule has 1 atom stereocenters. The van der Waals surface area contributed by atoms with Gasteiger partial charge in [-0.1, -0.05) is 6.92 Å². The van der Waals surface area contributed by atoms with E-state index < -0.39 is 18.3 Å². The monoisotopic (exact) mass is 279 g/mol. The van der Waals surface area contributed by atoms with Crippen molar-refractivity contribution in [2.75, 3.05) is 20.1 Å². The maximum absolute atomic E-state index is 12.4. The molecule has 0 spiro atoms. The number of alkyl halides is 3. The van der Waals surface area contributed by atoms with Crippen molar-refractivity contribution < 1.29 is 13.2 Å². The normalized spacial score (nSPS) is 15.6. The lowest BCUT2D eigenvalue weighted by atomic mass is 9.92. The van der Waals surface area contributed by atoms with Gasteiger partial charge in [0.15, 0.2) is 0 Å². The molecule has 6 heteroatoms. The van der Waals surface area contributed by atoms with Crippen molar-refractivity contribution in [3.8, 4) is 6.07 Å². The SMILES string of the molecule is CCC(C#N)(CCCN(CC(F)(F)F)C(C)C)NC. The molecule has 0 saturated carbocycles. The summed E-state index contributed by atoms with van der Waals surface area (Å²) in [7, 11) is 1.71. The van der Waals surface area contributed by atoms with Gasteiger partial charge in [0.1, 0.15) is 5.54 Å². The van der Waals surface area contributed by atoms with Gasteiger partial charge in [-0.15, -0.1) is 0 Å². The van der Waals surface area contributed by atoms with Crippen LogP contribution in [0, 0.1) is 11.3 Å². The third kappa shape index (κ3) is 6.79. The first kappa shape index (κ1) is 18.2. The van der Waals surface area contributed by atoms with Crippen molar-refractivity contribution in [2.24, 2.45) is 0 Å². The average molecular weight is 279 g/mol. The molecule has 0 aliphatic rings. The average Bonchev–Trinajstić information content (AvgIpc) is 2.32. The molecule has 112 valence electrons. The molecule has 0 heterocycles. The second-order valence-corrected chi connectivity index (χ2v) is 5.08. The van der Waals surface area contributed by atoms with Gasteiger partial charge in [0, 0.05) is 6.04 Å². The minimum atomic E-state index is -4.18. The number of nitrogens with zero attached hydrogens (tertiary/aromatic N) is 2. The van der Waals surface area contributed by atoms with Gasteiger partial charge >= 0.3 is 6.18 Å². The van der Waals surface area contributed by atoms with Crippen molar-refractivity contribution in [1.29, 1.82) is 5.26 Å². The topological polar surface area (TPSA) is 39.1 Å². The predicted molar refractivity (Wildman–Crippen MR) is 69.7 cm³/mol. The van der Waals surface area contributed by atoms with Crippen LogP contribution in [0.15, 0.2) is 0 Å². The maximum Gasteiger partial charge on any atom is 0.401 e. The summed E-state index contributed by atoms with van der Waals surface area (Å²) >= 11 is 0. The van der Waals surface area contributed by atoms with Gasteiger partial charge in [0.25, 0.3) is 0 Å². The van der Waals surface area contributed by atoms with Crippen LogP contribution in [0.2, 0.25) is 0 Å². The molecule has 19 heavy (non-hydrogen) atoms. The molecule has 0 aromatic rings. The molecular formula is C13H24F3N3. The van der Waals surface area contributed by atoms with Gasteiger partial charge in [-0.05, 0) is 46.7 Å². The number of hydrogen-bond donors (Lipinski definition) is 1. The van der Waals surface area contributed by atoms with E-state index in [2.05, 4.69) is 11.4 Å². The molecule has 0 aliphatic carbocycles. The van der Waals surface area contributed by atoms with Gasteiger partial charge in [-0.2, -0.15) is 18.4 Å². The highest BCUT2D eigenvalue weighted by Gasteiger charge is 2.32. The number of halogens is 3. The predicted octanol–water partition coefficient (Wildman–Crippen LogP) is 2.93. The van der Waals surface area contributed by atoms with Crippen LogP contribution in [-0.4, -0.2) is 42.8 Å². The zero-order chi connectivity index (χ0) is 15.1. The van der Waals surface area contributed by atoms with Gasteiger partial charge in [-0.25, -0.2) is 0 Å². The summed E-state index contributed by atoms with van der Waals surface area (Å²) in [5.41, 5.74) is -0.624. The third-order valence-corrected chi connectivity index (χ3v) is 3.46. The number of rotatable bonds is 8. The lowest BCUT2D eigenvalue weighted by molar-refractivity contribution is -0.149. The van der Waals surface area contributed by atoms with Crippen molar-refractivity contribution in [3.05, 3.63) is 0 Å². The molecule has 0 bridgehead atoms. The first-order valence-electron chi connectivity index (χ1n) is 6.60. The highest BCUT2D eigenvalue weighted by molar-refractivity contribution is 5.05. The highest BCUT2D eigenvalue weighted by atomic mass is 19.4. The Balaban J connectivity index is 4.39. The highest BCUT2D eigenvalue weighted by Crippen LogP contribution is 2.20. The second-order valence-electron chi connectivity index (χ2n) is 5.08. The van der Waals surface area contributed by atoms with Crippen LogP contribution in [0.3, 0.4) is 0 Å². The summed E-state index contributed by atoms with van der Waals surface area (Å²) in [6.07, 6.45) is -2.42. The first-order chi connectivity index (χ1) is 8.69. The molecule has 0 rings (SSSR count). The Hall–Kier alpha value is -0.800. The van der Waals surface area contributed by atoms with Crippen LogP contribution in [0.25, 0.3) is 0 Å². The zero-order valence-corrected chi connectivity index (χ0v) is 12.1. The zero-order valence-electron chi connectivity index (χ0n) is 12.1.